The molecule has 0 aliphatic rings. The molecule has 2 heterocycles. The average Bonchev–Trinajstić information content (AvgIpc) is 2.80. The maximum atomic E-state index is 11.9. The summed E-state index contributed by atoms with van der Waals surface area (Å²) >= 11 is 0. The molecule has 0 spiro atoms. The number of amides is 1. The quantitative estimate of drug-likeness (QED) is 0.670. The minimum Gasteiger partial charge on any atom is -0.481 e. The summed E-state index contributed by atoms with van der Waals surface area (Å²) < 4.78 is 1.42. The number of carbonyl (C=O) groups is 2. The molecule has 0 saturated carbocycles. The Hall–Kier alpha value is -2.55. The van der Waals surface area contributed by atoms with Crippen molar-refractivity contribution in [1.82, 2.24) is 24.9 Å². The Balaban J connectivity index is 2.09. The summed E-state index contributed by atoms with van der Waals surface area (Å²) in [5, 5.41) is 24.9. The van der Waals surface area contributed by atoms with Gasteiger partial charge >= 0.3 is 5.97 Å². The van der Waals surface area contributed by atoms with E-state index >= 15 is 0 Å². The van der Waals surface area contributed by atoms with Gasteiger partial charge in [-0.05, 0) is 19.9 Å². The monoisotopic (exact) mass is 293 g/mol. The van der Waals surface area contributed by atoms with Gasteiger partial charge in [0.2, 0.25) is 5.82 Å². The zero-order valence-corrected chi connectivity index (χ0v) is 11.6. The Morgan fingerprint density at radius 2 is 2.19 bits per heavy atom. The maximum Gasteiger partial charge on any atom is 0.306 e. The van der Waals surface area contributed by atoms with Gasteiger partial charge in [-0.15, -0.1) is 5.10 Å². The third-order valence-electron chi connectivity index (χ3n) is 2.79. The number of aliphatic hydroxyl groups is 1. The highest BCUT2D eigenvalue weighted by Gasteiger charge is 2.26. The van der Waals surface area contributed by atoms with E-state index in [0.29, 0.717) is 0 Å². The van der Waals surface area contributed by atoms with Crippen molar-refractivity contribution in [2.75, 3.05) is 6.54 Å². The highest BCUT2D eigenvalue weighted by atomic mass is 16.4. The van der Waals surface area contributed by atoms with Gasteiger partial charge in [-0.1, -0.05) is 0 Å². The van der Waals surface area contributed by atoms with Gasteiger partial charge in [0.25, 0.3) is 11.7 Å². The Morgan fingerprint density at radius 1 is 1.48 bits per heavy atom. The van der Waals surface area contributed by atoms with E-state index in [0.717, 1.165) is 5.69 Å². The van der Waals surface area contributed by atoms with Gasteiger partial charge in [-0.3, -0.25) is 9.59 Å². The third-order valence-corrected chi connectivity index (χ3v) is 2.79. The normalized spacial score (nSPS) is 13.9. The molecule has 9 heteroatoms. The van der Waals surface area contributed by atoms with Crippen molar-refractivity contribution in [1.29, 1.82) is 0 Å². The number of rotatable bonds is 5. The Morgan fingerprint density at radius 3 is 2.81 bits per heavy atom. The number of nitrogens with zero attached hydrogens (tertiary/aromatic N) is 4. The molecule has 0 aliphatic carbocycles. The van der Waals surface area contributed by atoms with Gasteiger partial charge in [0, 0.05) is 18.4 Å². The van der Waals surface area contributed by atoms with Crippen LogP contribution in [0.15, 0.2) is 12.3 Å². The predicted octanol–water partition coefficient (Wildman–Crippen LogP) is -0.612. The van der Waals surface area contributed by atoms with E-state index in [2.05, 4.69) is 20.4 Å². The first-order chi connectivity index (χ1) is 9.78. The number of carbonyl (C=O) groups excluding carboxylic acids is 1. The van der Waals surface area contributed by atoms with E-state index in [1.165, 1.54) is 11.4 Å². The van der Waals surface area contributed by atoms with Crippen molar-refractivity contribution in [2.24, 2.45) is 0 Å². The second kappa shape index (κ2) is 5.44. The SMILES string of the molecule is Cc1ccnc2nc(C(=O)NCC(C)(O)CC(=O)O)nn12. The van der Waals surface area contributed by atoms with E-state index in [-0.39, 0.29) is 18.1 Å². The van der Waals surface area contributed by atoms with Crippen molar-refractivity contribution in [2.45, 2.75) is 25.9 Å². The van der Waals surface area contributed by atoms with E-state index < -0.39 is 23.9 Å². The lowest BCUT2D eigenvalue weighted by Gasteiger charge is -2.20. The van der Waals surface area contributed by atoms with Crippen LogP contribution in [0.3, 0.4) is 0 Å². The maximum absolute atomic E-state index is 11.9. The number of fused-ring (bicyclic) bond motifs is 1. The summed E-state index contributed by atoms with van der Waals surface area (Å²) in [5.41, 5.74) is -0.779. The molecule has 0 fully saturated rings. The first kappa shape index (κ1) is 14.9. The van der Waals surface area contributed by atoms with Crippen LogP contribution in [-0.2, 0) is 4.79 Å². The molecule has 1 amide bonds. The van der Waals surface area contributed by atoms with Crippen LogP contribution in [0.5, 0.6) is 0 Å². The molecule has 0 aliphatic heterocycles. The van der Waals surface area contributed by atoms with Crippen molar-refractivity contribution >= 4 is 17.7 Å². The molecular weight excluding hydrogens is 278 g/mol. The molecule has 0 radical (unpaired) electrons. The summed E-state index contributed by atoms with van der Waals surface area (Å²) in [6.45, 7) is 2.90. The first-order valence-corrected chi connectivity index (χ1v) is 6.19. The number of hydrogen-bond donors (Lipinski definition) is 3. The van der Waals surface area contributed by atoms with Gasteiger partial charge < -0.3 is 15.5 Å². The number of aromatic nitrogens is 4. The van der Waals surface area contributed by atoms with Gasteiger partial charge in [0.1, 0.15) is 0 Å². The van der Waals surface area contributed by atoms with Gasteiger partial charge in [0.15, 0.2) is 0 Å². The van der Waals surface area contributed by atoms with Crippen molar-refractivity contribution in [3.05, 3.63) is 23.8 Å². The van der Waals surface area contributed by atoms with Gasteiger partial charge in [0.05, 0.1) is 12.0 Å². The molecular formula is C12H15N5O4. The lowest BCUT2D eigenvalue weighted by Crippen LogP contribution is -2.42. The largest absolute Gasteiger partial charge is 0.481 e. The first-order valence-electron chi connectivity index (χ1n) is 6.19. The average molecular weight is 293 g/mol. The van der Waals surface area contributed by atoms with Crippen LogP contribution in [0.25, 0.3) is 5.78 Å². The molecule has 112 valence electrons. The van der Waals surface area contributed by atoms with Crippen LogP contribution in [-0.4, -0.2) is 53.8 Å². The minimum atomic E-state index is -1.55. The van der Waals surface area contributed by atoms with Crippen LogP contribution >= 0.6 is 0 Å². The zero-order chi connectivity index (χ0) is 15.6. The lowest BCUT2D eigenvalue weighted by atomic mass is 10.0. The smallest absolute Gasteiger partial charge is 0.306 e. The van der Waals surface area contributed by atoms with E-state index in [9.17, 15) is 14.7 Å². The number of aryl methyl sites for hydroxylation is 1. The molecule has 3 N–H and O–H groups in total. The molecule has 2 aromatic heterocycles. The van der Waals surface area contributed by atoms with E-state index in [1.807, 2.05) is 0 Å². The van der Waals surface area contributed by atoms with E-state index in [4.69, 9.17) is 5.11 Å². The van der Waals surface area contributed by atoms with Crippen LogP contribution in [0.4, 0.5) is 0 Å². The molecule has 0 bridgehead atoms. The number of hydrogen-bond acceptors (Lipinski definition) is 6. The molecule has 1 atom stereocenters. The summed E-state index contributed by atoms with van der Waals surface area (Å²) in [6, 6.07) is 1.72. The zero-order valence-electron chi connectivity index (χ0n) is 11.6. The van der Waals surface area contributed by atoms with Crippen LogP contribution < -0.4 is 5.32 Å². The topological polar surface area (TPSA) is 130 Å². The fourth-order valence-corrected chi connectivity index (χ4v) is 1.74. The number of aliphatic carboxylic acids is 1. The second-order valence-electron chi connectivity index (χ2n) is 4.98. The molecule has 0 aromatic carbocycles. The van der Waals surface area contributed by atoms with Gasteiger partial charge in [-0.25, -0.2) is 9.50 Å². The Kier molecular flexibility index (Phi) is 3.85. The fourth-order valence-electron chi connectivity index (χ4n) is 1.74. The summed E-state index contributed by atoms with van der Waals surface area (Å²) in [6.07, 6.45) is 1.07. The van der Waals surface area contributed by atoms with Crippen LogP contribution in [0, 0.1) is 6.92 Å². The second-order valence-corrected chi connectivity index (χ2v) is 4.98. The summed E-state index contributed by atoms with van der Waals surface area (Å²) in [4.78, 5) is 30.4. The van der Waals surface area contributed by atoms with Crippen LogP contribution in [0.2, 0.25) is 0 Å². The van der Waals surface area contributed by atoms with Crippen molar-refractivity contribution < 1.29 is 19.8 Å². The molecule has 2 rings (SSSR count). The number of carboxylic acid groups (broad SMARTS) is 1. The Labute approximate surface area is 119 Å². The minimum absolute atomic E-state index is 0.0945. The number of carboxylic acids is 1. The molecule has 21 heavy (non-hydrogen) atoms. The highest BCUT2D eigenvalue weighted by molar-refractivity contribution is 5.90. The summed E-state index contributed by atoms with van der Waals surface area (Å²) in [7, 11) is 0. The van der Waals surface area contributed by atoms with E-state index in [1.54, 1.807) is 19.2 Å². The van der Waals surface area contributed by atoms with Crippen molar-refractivity contribution in [3.63, 3.8) is 0 Å². The molecule has 2 aromatic rings. The molecule has 9 nitrogen and oxygen atoms in total. The lowest BCUT2D eigenvalue weighted by molar-refractivity contribution is -0.141. The standard InChI is InChI=1S/C12H15N5O4/c1-7-3-4-13-11-15-9(16-17(7)11)10(20)14-6-12(2,21)5-8(18)19/h3-4,21H,5-6H2,1-2H3,(H,14,20)(H,18,19). The van der Waals surface area contributed by atoms with Gasteiger partial charge in [-0.2, -0.15) is 4.98 Å². The van der Waals surface area contributed by atoms with Crippen molar-refractivity contribution in [3.8, 4) is 0 Å². The Bertz CT molecular complexity index is 694. The number of nitrogens with one attached hydrogen (secondary N) is 1. The van der Waals surface area contributed by atoms with Crippen LogP contribution in [0.1, 0.15) is 29.7 Å². The predicted molar refractivity (Wildman–Crippen MR) is 70.7 cm³/mol. The fraction of sp³-hybridized carbons (Fsp3) is 0.417. The molecule has 0 saturated heterocycles. The summed E-state index contributed by atoms with van der Waals surface area (Å²) in [5.74, 6) is -1.56. The third kappa shape index (κ3) is 3.51. The molecule has 1 unspecified atom stereocenters. The highest BCUT2D eigenvalue weighted by Crippen LogP contribution is 2.08.